The summed E-state index contributed by atoms with van der Waals surface area (Å²) >= 11 is 0. The number of aryl methyl sites for hydroxylation is 1. The molecule has 1 aliphatic rings. The molecular formula is C13H19N3O4. The fraction of sp³-hybridized carbons (Fsp3) is 0.615. The first kappa shape index (κ1) is 14.8. The second kappa shape index (κ2) is 5.82. The van der Waals surface area contributed by atoms with Crippen molar-refractivity contribution in [2.75, 3.05) is 19.8 Å². The van der Waals surface area contributed by atoms with Gasteiger partial charge in [0.2, 0.25) is 0 Å². The van der Waals surface area contributed by atoms with Gasteiger partial charge < -0.3 is 15.2 Å². The molecule has 0 aromatic carbocycles. The summed E-state index contributed by atoms with van der Waals surface area (Å²) in [6.45, 7) is 5.02. The van der Waals surface area contributed by atoms with Crippen molar-refractivity contribution in [2.45, 2.75) is 32.4 Å². The molecule has 0 saturated carbocycles. The van der Waals surface area contributed by atoms with Gasteiger partial charge in [0.05, 0.1) is 17.2 Å². The van der Waals surface area contributed by atoms with Crippen LogP contribution >= 0.6 is 0 Å². The van der Waals surface area contributed by atoms with Crippen molar-refractivity contribution < 1.29 is 14.8 Å². The van der Waals surface area contributed by atoms with Crippen LogP contribution in [0, 0.1) is 24.0 Å². The van der Waals surface area contributed by atoms with Gasteiger partial charge in [0.25, 0.3) is 5.69 Å². The molecule has 20 heavy (non-hydrogen) atoms. The molecule has 1 unspecified atom stereocenters. The third kappa shape index (κ3) is 3.12. The highest BCUT2D eigenvalue weighted by Gasteiger charge is 2.31. The SMILES string of the molecule is Cc1cnc(CNCC2(O)CCOC2)c(C)c1[N+](=O)[O-]. The average Bonchev–Trinajstić information content (AvgIpc) is 2.79. The minimum Gasteiger partial charge on any atom is -0.386 e. The number of nitrogens with one attached hydrogen (secondary N) is 1. The van der Waals surface area contributed by atoms with E-state index in [9.17, 15) is 15.2 Å². The molecule has 2 N–H and O–H groups in total. The molecule has 1 saturated heterocycles. The zero-order valence-corrected chi connectivity index (χ0v) is 11.7. The third-order valence-electron chi connectivity index (χ3n) is 3.59. The Kier molecular flexibility index (Phi) is 4.32. The Morgan fingerprint density at radius 2 is 2.35 bits per heavy atom. The summed E-state index contributed by atoms with van der Waals surface area (Å²) in [7, 11) is 0. The Bertz CT molecular complexity index is 513. The minimum atomic E-state index is -0.843. The number of nitrogens with zero attached hydrogens (tertiary/aromatic N) is 2. The fourth-order valence-corrected chi connectivity index (χ4v) is 2.37. The minimum absolute atomic E-state index is 0.111. The molecule has 1 aromatic rings. The van der Waals surface area contributed by atoms with Gasteiger partial charge in [0, 0.05) is 43.4 Å². The topological polar surface area (TPSA) is 97.5 Å². The number of aliphatic hydroxyl groups is 1. The molecule has 2 rings (SSSR count). The first-order valence-electron chi connectivity index (χ1n) is 6.53. The van der Waals surface area contributed by atoms with E-state index in [1.54, 1.807) is 13.8 Å². The van der Waals surface area contributed by atoms with Gasteiger partial charge in [-0.05, 0) is 13.8 Å². The first-order chi connectivity index (χ1) is 9.43. The molecule has 1 atom stereocenters. The molecule has 0 spiro atoms. The zero-order chi connectivity index (χ0) is 14.8. The van der Waals surface area contributed by atoms with Gasteiger partial charge in [0.1, 0.15) is 5.60 Å². The van der Waals surface area contributed by atoms with E-state index in [-0.39, 0.29) is 10.6 Å². The van der Waals surface area contributed by atoms with Crippen LogP contribution in [0.1, 0.15) is 23.2 Å². The maximum absolute atomic E-state index is 11.0. The highest BCUT2D eigenvalue weighted by Crippen LogP contribution is 2.24. The van der Waals surface area contributed by atoms with E-state index >= 15 is 0 Å². The molecule has 0 aliphatic carbocycles. The van der Waals surface area contributed by atoms with Crippen molar-refractivity contribution >= 4 is 5.69 Å². The molecular weight excluding hydrogens is 262 g/mol. The van der Waals surface area contributed by atoms with Crippen LogP contribution in [0.3, 0.4) is 0 Å². The summed E-state index contributed by atoms with van der Waals surface area (Å²) < 4.78 is 5.16. The molecule has 0 amide bonds. The monoisotopic (exact) mass is 281 g/mol. The summed E-state index contributed by atoms with van der Waals surface area (Å²) in [5.41, 5.74) is 1.02. The average molecular weight is 281 g/mol. The van der Waals surface area contributed by atoms with Crippen LogP contribution in [0.2, 0.25) is 0 Å². The highest BCUT2D eigenvalue weighted by molar-refractivity contribution is 5.47. The zero-order valence-electron chi connectivity index (χ0n) is 11.7. The lowest BCUT2D eigenvalue weighted by molar-refractivity contribution is -0.386. The van der Waals surface area contributed by atoms with Crippen molar-refractivity contribution in [1.29, 1.82) is 0 Å². The van der Waals surface area contributed by atoms with E-state index in [0.717, 1.165) is 0 Å². The predicted octanol–water partition coefficient (Wildman–Crippen LogP) is 0.848. The van der Waals surface area contributed by atoms with E-state index in [2.05, 4.69) is 10.3 Å². The molecule has 7 heteroatoms. The van der Waals surface area contributed by atoms with Crippen LogP contribution in [-0.2, 0) is 11.3 Å². The summed E-state index contributed by atoms with van der Waals surface area (Å²) in [4.78, 5) is 14.9. The maximum atomic E-state index is 11.0. The summed E-state index contributed by atoms with van der Waals surface area (Å²) in [5.74, 6) is 0. The standard InChI is InChI=1S/C13H19N3O4/c1-9-5-15-11(10(2)12(9)16(18)19)6-14-7-13(17)3-4-20-8-13/h5,14,17H,3-4,6-8H2,1-2H3. The van der Waals surface area contributed by atoms with Crippen molar-refractivity contribution in [1.82, 2.24) is 10.3 Å². The molecule has 7 nitrogen and oxygen atoms in total. The van der Waals surface area contributed by atoms with Gasteiger partial charge >= 0.3 is 0 Å². The van der Waals surface area contributed by atoms with E-state index in [0.29, 0.717) is 49.5 Å². The number of aromatic nitrogens is 1. The van der Waals surface area contributed by atoms with E-state index in [1.165, 1.54) is 6.20 Å². The van der Waals surface area contributed by atoms with Gasteiger partial charge in [-0.15, -0.1) is 0 Å². The molecule has 0 radical (unpaired) electrons. The van der Waals surface area contributed by atoms with Crippen molar-refractivity contribution in [3.8, 4) is 0 Å². The summed E-state index contributed by atoms with van der Waals surface area (Å²) in [6.07, 6.45) is 2.11. The molecule has 1 fully saturated rings. The summed E-state index contributed by atoms with van der Waals surface area (Å²) in [5, 5.41) is 24.2. The van der Waals surface area contributed by atoms with E-state index in [1.807, 2.05) is 0 Å². The molecule has 1 aliphatic heterocycles. The van der Waals surface area contributed by atoms with E-state index in [4.69, 9.17) is 4.74 Å². The first-order valence-corrected chi connectivity index (χ1v) is 6.53. The molecule has 1 aromatic heterocycles. The van der Waals surface area contributed by atoms with Crippen LogP contribution in [0.15, 0.2) is 6.20 Å². The Morgan fingerprint density at radius 3 is 2.95 bits per heavy atom. The second-order valence-corrected chi connectivity index (χ2v) is 5.25. The van der Waals surface area contributed by atoms with Gasteiger partial charge in [-0.1, -0.05) is 0 Å². The lowest BCUT2D eigenvalue weighted by atomic mass is 10.0. The number of hydrogen-bond acceptors (Lipinski definition) is 6. The quantitative estimate of drug-likeness (QED) is 0.613. The number of nitro groups is 1. The molecule has 2 heterocycles. The Hall–Kier alpha value is -1.57. The number of pyridine rings is 1. The van der Waals surface area contributed by atoms with Crippen LogP contribution in [0.4, 0.5) is 5.69 Å². The summed E-state index contributed by atoms with van der Waals surface area (Å²) in [6, 6.07) is 0. The number of ether oxygens (including phenoxy) is 1. The van der Waals surface area contributed by atoms with Crippen LogP contribution in [-0.4, -0.2) is 40.4 Å². The van der Waals surface area contributed by atoms with Gasteiger partial charge in [-0.2, -0.15) is 0 Å². The molecule has 110 valence electrons. The largest absolute Gasteiger partial charge is 0.386 e. The predicted molar refractivity (Wildman–Crippen MR) is 72.5 cm³/mol. The van der Waals surface area contributed by atoms with Crippen LogP contribution in [0.5, 0.6) is 0 Å². The van der Waals surface area contributed by atoms with Gasteiger partial charge in [-0.3, -0.25) is 15.1 Å². The maximum Gasteiger partial charge on any atom is 0.278 e. The van der Waals surface area contributed by atoms with Gasteiger partial charge in [0.15, 0.2) is 0 Å². The van der Waals surface area contributed by atoms with Gasteiger partial charge in [-0.25, -0.2) is 0 Å². The Labute approximate surface area is 117 Å². The third-order valence-corrected chi connectivity index (χ3v) is 3.59. The molecule has 0 bridgehead atoms. The fourth-order valence-electron chi connectivity index (χ4n) is 2.37. The normalized spacial score (nSPS) is 22.1. The Balaban J connectivity index is 2.03. The number of rotatable bonds is 5. The van der Waals surface area contributed by atoms with Crippen molar-refractivity contribution in [3.63, 3.8) is 0 Å². The van der Waals surface area contributed by atoms with E-state index < -0.39 is 5.60 Å². The van der Waals surface area contributed by atoms with Crippen molar-refractivity contribution in [3.05, 3.63) is 33.1 Å². The second-order valence-electron chi connectivity index (χ2n) is 5.25. The lowest BCUT2D eigenvalue weighted by Gasteiger charge is -2.20. The Morgan fingerprint density at radius 1 is 1.60 bits per heavy atom. The van der Waals surface area contributed by atoms with Crippen molar-refractivity contribution in [2.24, 2.45) is 0 Å². The van der Waals surface area contributed by atoms with Crippen LogP contribution < -0.4 is 5.32 Å². The smallest absolute Gasteiger partial charge is 0.278 e. The van der Waals surface area contributed by atoms with Crippen LogP contribution in [0.25, 0.3) is 0 Å². The lowest BCUT2D eigenvalue weighted by Crippen LogP contribution is -2.40. The highest BCUT2D eigenvalue weighted by atomic mass is 16.6. The number of hydrogen-bond donors (Lipinski definition) is 2.